The van der Waals surface area contributed by atoms with Crippen LogP contribution in [0.25, 0.3) is 11.0 Å². The molecule has 1 aliphatic rings. The predicted molar refractivity (Wildman–Crippen MR) is 118 cm³/mol. The number of halogens is 1. The number of nitrogens with zero attached hydrogens (tertiary/aromatic N) is 5. The van der Waals surface area contributed by atoms with Crippen LogP contribution in [0.15, 0.2) is 47.5 Å². The number of aromatic nitrogens is 3. The Morgan fingerprint density at radius 1 is 1.16 bits per heavy atom. The van der Waals surface area contributed by atoms with Gasteiger partial charge in [0.05, 0.1) is 23.7 Å². The second kappa shape index (κ2) is 8.83. The molecule has 7 nitrogen and oxygen atoms in total. The van der Waals surface area contributed by atoms with E-state index in [4.69, 9.17) is 0 Å². The summed E-state index contributed by atoms with van der Waals surface area (Å²) in [4.78, 5) is 38.3. The Morgan fingerprint density at radius 2 is 1.94 bits per heavy atom. The number of amides is 1. The van der Waals surface area contributed by atoms with E-state index in [1.54, 1.807) is 34.0 Å². The molecule has 2 aromatic heterocycles. The number of pyridine rings is 1. The van der Waals surface area contributed by atoms with Crippen molar-refractivity contribution in [2.24, 2.45) is 5.92 Å². The topological polar surface area (TPSA) is 71.3 Å². The van der Waals surface area contributed by atoms with E-state index in [1.807, 2.05) is 11.0 Å². The minimum Gasteiger partial charge on any atom is -0.348 e. The molecule has 8 heteroatoms. The van der Waals surface area contributed by atoms with Crippen LogP contribution in [0, 0.1) is 11.7 Å². The number of hydrogen-bond donors (Lipinski definition) is 0. The van der Waals surface area contributed by atoms with E-state index >= 15 is 0 Å². The summed E-state index contributed by atoms with van der Waals surface area (Å²) in [5.41, 5.74) is 1.99. The van der Waals surface area contributed by atoms with Gasteiger partial charge in [0.15, 0.2) is 5.82 Å². The molecule has 1 aliphatic heterocycles. The Morgan fingerprint density at radius 3 is 2.65 bits per heavy atom. The SMILES string of the molecule is CC(C)Cn1c(=O)c(N2CCN(C(=O)Cc3cccc(F)c3)CC2)nc2ccncc21. The largest absolute Gasteiger partial charge is 0.348 e. The van der Waals surface area contributed by atoms with Gasteiger partial charge in [-0.3, -0.25) is 14.6 Å². The van der Waals surface area contributed by atoms with Gasteiger partial charge in [0.2, 0.25) is 5.91 Å². The van der Waals surface area contributed by atoms with Crippen LogP contribution in [-0.4, -0.2) is 51.5 Å². The number of rotatable bonds is 5. The molecular weight excluding hydrogens is 397 g/mol. The van der Waals surface area contributed by atoms with Crippen LogP contribution in [0.4, 0.5) is 10.2 Å². The third kappa shape index (κ3) is 4.57. The Labute approximate surface area is 180 Å². The van der Waals surface area contributed by atoms with E-state index in [-0.39, 0.29) is 23.7 Å². The van der Waals surface area contributed by atoms with E-state index in [2.05, 4.69) is 23.8 Å². The molecule has 3 aromatic rings. The summed E-state index contributed by atoms with van der Waals surface area (Å²) < 4.78 is 15.1. The monoisotopic (exact) mass is 423 g/mol. The fourth-order valence-corrected chi connectivity index (χ4v) is 3.93. The number of carbonyl (C=O) groups is 1. The first-order valence-corrected chi connectivity index (χ1v) is 10.5. The fourth-order valence-electron chi connectivity index (χ4n) is 3.93. The average molecular weight is 423 g/mol. The minimum atomic E-state index is -0.342. The summed E-state index contributed by atoms with van der Waals surface area (Å²) in [6.45, 7) is 6.75. The summed E-state index contributed by atoms with van der Waals surface area (Å²) in [5.74, 6) is 0.329. The van der Waals surface area contributed by atoms with Crippen LogP contribution >= 0.6 is 0 Å². The second-order valence-electron chi connectivity index (χ2n) is 8.28. The maximum Gasteiger partial charge on any atom is 0.294 e. The Bertz CT molecular complexity index is 1150. The van der Waals surface area contributed by atoms with Crippen LogP contribution in [0.5, 0.6) is 0 Å². The maximum atomic E-state index is 13.4. The highest BCUT2D eigenvalue weighted by Crippen LogP contribution is 2.17. The van der Waals surface area contributed by atoms with Gasteiger partial charge in [-0.1, -0.05) is 26.0 Å². The molecule has 0 atom stereocenters. The lowest BCUT2D eigenvalue weighted by molar-refractivity contribution is -0.130. The van der Waals surface area contributed by atoms with Crippen LogP contribution in [-0.2, 0) is 17.8 Å². The van der Waals surface area contributed by atoms with E-state index in [0.717, 1.165) is 11.0 Å². The first kappa shape index (κ1) is 21.0. The summed E-state index contributed by atoms with van der Waals surface area (Å²) in [6, 6.07) is 7.93. The van der Waals surface area contributed by atoms with Crippen LogP contribution < -0.4 is 10.5 Å². The molecule has 162 valence electrons. The summed E-state index contributed by atoms with van der Waals surface area (Å²) >= 11 is 0. The van der Waals surface area contributed by atoms with Crippen molar-refractivity contribution in [1.82, 2.24) is 19.4 Å². The van der Waals surface area contributed by atoms with Crippen molar-refractivity contribution in [3.05, 3.63) is 64.5 Å². The van der Waals surface area contributed by atoms with Gasteiger partial charge < -0.3 is 14.4 Å². The molecule has 1 saturated heterocycles. The van der Waals surface area contributed by atoms with Crippen molar-refractivity contribution in [3.8, 4) is 0 Å². The van der Waals surface area contributed by atoms with Crippen molar-refractivity contribution >= 4 is 22.8 Å². The molecule has 0 bridgehead atoms. The molecule has 0 saturated carbocycles. The molecular formula is C23H26FN5O2. The first-order valence-electron chi connectivity index (χ1n) is 10.5. The number of piperazine rings is 1. The zero-order valence-electron chi connectivity index (χ0n) is 17.8. The number of fused-ring (bicyclic) bond motifs is 1. The van der Waals surface area contributed by atoms with Gasteiger partial charge in [0.25, 0.3) is 5.56 Å². The predicted octanol–water partition coefficient (Wildman–Crippen LogP) is 2.48. The molecule has 3 heterocycles. The van der Waals surface area contributed by atoms with Gasteiger partial charge in [-0.25, -0.2) is 9.37 Å². The molecule has 31 heavy (non-hydrogen) atoms. The summed E-state index contributed by atoms with van der Waals surface area (Å²) in [6.07, 6.45) is 3.52. The van der Waals surface area contributed by atoms with Gasteiger partial charge in [-0.2, -0.15) is 0 Å². The summed E-state index contributed by atoms with van der Waals surface area (Å²) in [5, 5.41) is 0. The highest BCUT2D eigenvalue weighted by atomic mass is 19.1. The quantitative estimate of drug-likeness (QED) is 0.631. The fraction of sp³-hybridized carbons (Fsp3) is 0.391. The maximum absolute atomic E-state index is 13.4. The van der Waals surface area contributed by atoms with Crippen LogP contribution in [0.2, 0.25) is 0 Å². The Balaban J connectivity index is 1.51. The molecule has 0 aliphatic carbocycles. The van der Waals surface area contributed by atoms with Crippen molar-refractivity contribution in [3.63, 3.8) is 0 Å². The first-order chi connectivity index (χ1) is 14.9. The number of carbonyl (C=O) groups excluding carboxylic acids is 1. The van der Waals surface area contributed by atoms with Crippen LogP contribution in [0.1, 0.15) is 19.4 Å². The molecule has 0 N–H and O–H groups in total. The molecule has 0 unspecified atom stereocenters. The van der Waals surface area contributed by atoms with E-state index in [9.17, 15) is 14.0 Å². The average Bonchev–Trinajstić information content (AvgIpc) is 2.75. The number of anilines is 1. The smallest absolute Gasteiger partial charge is 0.294 e. The zero-order valence-corrected chi connectivity index (χ0v) is 17.8. The normalized spacial score (nSPS) is 14.5. The van der Waals surface area contributed by atoms with Crippen molar-refractivity contribution in [2.75, 3.05) is 31.1 Å². The lowest BCUT2D eigenvalue weighted by atomic mass is 10.1. The Kier molecular flexibility index (Phi) is 5.97. The van der Waals surface area contributed by atoms with Gasteiger partial charge in [0, 0.05) is 38.9 Å². The molecule has 4 rings (SSSR count). The standard InChI is InChI=1S/C23H26FN5O2/c1-16(2)15-29-20-14-25-7-6-19(20)26-22(23(29)31)28-10-8-27(9-11-28)21(30)13-17-4-3-5-18(24)12-17/h3-7,12,14,16H,8-11,13,15H2,1-2H3. The van der Waals surface area contributed by atoms with E-state index in [1.165, 1.54) is 12.1 Å². The van der Waals surface area contributed by atoms with Crippen molar-refractivity contribution in [2.45, 2.75) is 26.8 Å². The lowest BCUT2D eigenvalue weighted by Crippen LogP contribution is -2.51. The van der Waals surface area contributed by atoms with Gasteiger partial charge in [-0.15, -0.1) is 0 Å². The lowest BCUT2D eigenvalue weighted by Gasteiger charge is -2.35. The molecule has 1 amide bonds. The van der Waals surface area contributed by atoms with Gasteiger partial charge >= 0.3 is 0 Å². The molecule has 1 fully saturated rings. The van der Waals surface area contributed by atoms with Gasteiger partial charge in [-0.05, 0) is 29.7 Å². The van der Waals surface area contributed by atoms with E-state index < -0.39 is 0 Å². The van der Waals surface area contributed by atoms with E-state index in [0.29, 0.717) is 50.0 Å². The van der Waals surface area contributed by atoms with Crippen molar-refractivity contribution < 1.29 is 9.18 Å². The second-order valence-corrected chi connectivity index (χ2v) is 8.28. The molecule has 0 radical (unpaired) electrons. The zero-order chi connectivity index (χ0) is 22.0. The van der Waals surface area contributed by atoms with Crippen LogP contribution in [0.3, 0.4) is 0 Å². The highest BCUT2D eigenvalue weighted by Gasteiger charge is 2.25. The summed E-state index contributed by atoms with van der Waals surface area (Å²) in [7, 11) is 0. The van der Waals surface area contributed by atoms with Gasteiger partial charge in [0.1, 0.15) is 5.82 Å². The Hall–Kier alpha value is -3.29. The molecule has 1 aromatic carbocycles. The molecule has 0 spiro atoms. The third-order valence-corrected chi connectivity index (χ3v) is 5.46. The number of hydrogen-bond acceptors (Lipinski definition) is 5. The minimum absolute atomic E-state index is 0.0417. The third-order valence-electron chi connectivity index (χ3n) is 5.46. The number of benzene rings is 1. The van der Waals surface area contributed by atoms with Crippen molar-refractivity contribution in [1.29, 1.82) is 0 Å². The highest BCUT2D eigenvalue weighted by molar-refractivity contribution is 5.79.